The van der Waals surface area contributed by atoms with Crippen molar-refractivity contribution in [1.29, 1.82) is 0 Å². The Hall–Kier alpha value is -3.90. The lowest BCUT2D eigenvalue weighted by atomic mass is 10.1. The van der Waals surface area contributed by atoms with E-state index < -0.39 is 21.8 Å². The number of benzene rings is 2. The van der Waals surface area contributed by atoms with Crippen molar-refractivity contribution in [3.8, 4) is 0 Å². The first-order valence-corrected chi connectivity index (χ1v) is 18.7. The molecule has 0 amide bonds. The fourth-order valence-corrected chi connectivity index (χ4v) is 5.30. The highest BCUT2D eigenvalue weighted by Crippen LogP contribution is 2.14. The summed E-state index contributed by atoms with van der Waals surface area (Å²) in [5.74, 6) is -2.19. The third-order valence-electron chi connectivity index (χ3n) is 8.44. The Morgan fingerprint density at radius 3 is 0.961 bits per heavy atom. The van der Waals surface area contributed by atoms with Crippen LogP contribution in [0.4, 0.5) is 11.4 Å². The number of carboxylic acid groups (broad SMARTS) is 2. The van der Waals surface area contributed by atoms with Crippen LogP contribution in [0.15, 0.2) is 48.5 Å². The molecular formula is C39H66N4O8. The average Bonchev–Trinajstić information content (AvgIpc) is 3.10. The zero-order valence-electron chi connectivity index (χ0n) is 31.6. The zero-order chi connectivity index (χ0) is 37.4. The Kier molecular flexibility index (Phi) is 32.1. The molecule has 290 valence electrons. The largest absolute Gasteiger partial charge is 0.478 e. The second-order valence-electron chi connectivity index (χ2n) is 12.9. The number of carboxylic acids is 2. The highest BCUT2D eigenvalue weighted by Gasteiger charge is 2.08. The number of nitrogens with zero attached hydrogens (tertiary/aromatic N) is 3. The van der Waals surface area contributed by atoms with Crippen molar-refractivity contribution in [2.45, 2.75) is 142 Å². The molecule has 0 radical (unpaired) electrons. The van der Waals surface area contributed by atoms with Crippen LogP contribution in [0.2, 0.25) is 0 Å². The lowest BCUT2D eigenvalue weighted by Crippen LogP contribution is -2.20. The van der Waals surface area contributed by atoms with Gasteiger partial charge in [-0.1, -0.05) is 129 Å². The molecule has 51 heavy (non-hydrogen) atoms. The molecule has 0 aliphatic carbocycles. The number of hydrogen-bond donors (Lipinski definition) is 3. The summed E-state index contributed by atoms with van der Waals surface area (Å²) in [7, 11) is 2.32. The number of nitro benzene ring substituents is 2. The van der Waals surface area contributed by atoms with Gasteiger partial charge in [-0.25, -0.2) is 9.59 Å². The summed E-state index contributed by atoms with van der Waals surface area (Å²) in [4.78, 5) is 42.3. The van der Waals surface area contributed by atoms with Crippen LogP contribution in [0.1, 0.15) is 163 Å². The SMILES string of the molecule is CCCCCCCCCCCCN(C)CCCCCCCCCCCC.N.O=C(O)c1ccc([N+](=O)[O-])cc1.O=C(O)c1ccc([N+](=O)[O-])cc1. The quantitative estimate of drug-likeness (QED) is 0.0477. The van der Waals surface area contributed by atoms with E-state index in [0.717, 1.165) is 24.3 Å². The molecule has 12 nitrogen and oxygen atoms in total. The van der Waals surface area contributed by atoms with E-state index in [1.54, 1.807) is 0 Å². The summed E-state index contributed by atoms with van der Waals surface area (Å²) in [6.07, 6.45) is 28.9. The Morgan fingerprint density at radius 1 is 0.510 bits per heavy atom. The van der Waals surface area contributed by atoms with Crippen LogP contribution in [0.5, 0.6) is 0 Å². The van der Waals surface area contributed by atoms with E-state index in [0.29, 0.717) is 0 Å². The second-order valence-corrected chi connectivity index (χ2v) is 12.9. The van der Waals surface area contributed by atoms with Crippen LogP contribution in [-0.2, 0) is 0 Å². The number of carbonyl (C=O) groups is 2. The third-order valence-corrected chi connectivity index (χ3v) is 8.44. The summed E-state index contributed by atoms with van der Waals surface area (Å²) in [6.45, 7) is 7.23. The number of unbranched alkanes of at least 4 members (excludes halogenated alkanes) is 18. The minimum Gasteiger partial charge on any atom is -0.478 e. The van der Waals surface area contributed by atoms with Gasteiger partial charge in [-0.05, 0) is 57.2 Å². The van der Waals surface area contributed by atoms with Gasteiger partial charge in [-0.3, -0.25) is 20.2 Å². The molecule has 0 spiro atoms. The first-order chi connectivity index (χ1) is 24.0. The molecule has 0 aliphatic heterocycles. The first kappa shape index (κ1) is 49.2. The number of non-ortho nitro benzene ring substituents is 2. The summed E-state index contributed by atoms with van der Waals surface area (Å²) < 4.78 is 0. The van der Waals surface area contributed by atoms with Crippen LogP contribution in [0, 0.1) is 20.2 Å². The van der Waals surface area contributed by atoms with Crippen LogP contribution in [0.3, 0.4) is 0 Å². The molecular weight excluding hydrogens is 652 g/mol. The highest BCUT2D eigenvalue weighted by atomic mass is 16.6. The fourth-order valence-electron chi connectivity index (χ4n) is 5.30. The summed E-state index contributed by atoms with van der Waals surface area (Å²) in [6, 6.07) is 9.40. The number of aromatic carboxylic acids is 2. The molecule has 2 aromatic carbocycles. The third kappa shape index (κ3) is 28.5. The molecule has 0 saturated heterocycles. The van der Waals surface area contributed by atoms with Gasteiger partial charge in [0.15, 0.2) is 0 Å². The molecule has 5 N–H and O–H groups in total. The molecule has 0 saturated carbocycles. The Morgan fingerprint density at radius 2 is 0.745 bits per heavy atom. The predicted molar refractivity (Wildman–Crippen MR) is 206 cm³/mol. The van der Waals surface area contributed by atoms with Gasteiger partial charge in [-0.2, -0.15) is 0 Å². The number of hydrogen-bond acceptors (Lipinski definition) is 8. The monoisotopic (exact) mass is 718 g/mol. The Balaban J connectivity index is 0. The second kappa shape index (κ2) is 33.3. The van der Waals surface area contributed by atoms with Crippen molar-refractivity contribution in [3.05, 3.63) is 79.9 Å². The van der Waals surface area contributed by atoms with Crippen molar-refractivity contribution < 1.29 is 29.6 Å². The molecule has 0 atom stereocenters. The van der Waals surface area contributed by atoms with Crippen LogP contribution in [-0.4, -0.2) is 57.0 Å². The molecule has 0 unspecified atom stereocenters. The molecule has 2 rings (SSSR count). The maximum atomic E-state index is 10.3. The summed E-state index contributed by atoms with van der Waals surface area (Å²) in [5.41, 5.74) is -0.138. The first-order valence-electron chi connectivity index (χ1n) is 18.7. The number of rotatable bonds is 26. The van der Waals surface area contributed by atoms with E-state index in [1.165, 1.54) is 166 Å². The van der Waals surface area contributed by atoms with Crippen molar-refractivity contribution in [2.24, 2.45) is 0 Å². The van der Waals surface area contributed by atoms with Gasteiger partial charge in [0.2, 0.25) is 0 Å². The van der Waals surface area contributed by atoms with Crippen molar-refractivity contribution in [2.75, 3.05) is 20.1 Å². The summed E-state index contributed by atoms with van der Waals surface area (Å²) in [5, 5.41) is 37.2. The topological polar surface area (TPSA) is 199 Å². The minimum absolute atomic E-state index is 0. The number of nitro groups is 2. The lowest BCUT2D eigenvalue weighted by Gasteiger charge is -2.16. The van der Waals surface area contributed by atoms with Crippen LogP contribution < -0.4 is 6.15 Å². The van der Waals surface area contributed by atoms with Gasteiger partial charge < -0.3 is 21.3 Å². The van der Waals surface area contributed by atoms with Crippen LogP contribution in [0.25, 0.3) is 0 Å². The average molecular weight is 719 g/mol. The predicted octanol–water partition coefficient (Wildman–Crippen LogP) is 11.5. The van der Waals surface area contributed by atoms with Gasteiger partial charge in [0.25, 0.3) is 11.4 Å². The van der Waals surface area contributed by atoms with E-state index >= 15 is 0 Å². The smallest absolute Gasteiger partial charge is 0.335 e. The normalized spacial score (nSPS) is 10.3. The van der Waals surface area contributed by atoms with E-state index in [1.807, 2.05) is 0 Å². The molecule has 0 aromatic heterocycles. The maximum Gasteiger partial charge on any atom is 0.335 e. The molecule has 0 heterocycles. The van der Waals surface area contributed by atoms with E-state index in [2.05, 4.69) is 25.8 Å². The van der Waals surface area contributed by atoms with Gasteiger partial charge in [-0.15, -0.1) is 0 Å². The van der Waals surface area contributed by atoms with Crippen molar-refractivity contribution >= 4 is 23.3 Å². The highest BCUT2D eigenvalue weighted by molar-refractivity contribution is 5.88. The summed E-state index contributed by atoms with van der Waals surface area (Å²) >= 11 is 0. The van der Waals surface area contributed by atoms with Gasteiger partial charge in [0.1, 0.15) is 0 Å². The van der Waals surface area contributed by atoms with E-state index in [-0.39, 0.29) is 28.7 Å². The standard InChI is InChI=1S/C25H53N.2C7H5NO4.H3N/c1-4-6-8-10-12-14-16-18-20-22-24-26(3)25-23-21-19-17-15-13-11-9-7-5-2;2*9-7(10)5-1-3-6(4-2-5)8(11)12;/h4-25H2,1-3H3;2*1-4H,(H,9,10);1H3. The van der Waals surface area contributed by atoms with E-state index in [9.17, 15) is 29.8 Å². The van der Waals surface area contributed by atoms with Gasteiger partial charge in [0, 0.05) is 24.3 Å². The van der Waals surface area contributed by atoms with Gasteiger partial charge >= 0.3 is 11.9 Å². The molecule has 0 fully saturated rings. The van der Waals surface area contributed by atoms with Crippen molar-refractivity contribution in [1.82, 2.24) is 11.1 Å². The molecule has 0 aliphatic rings. The minimum atomic E-state index is -1.09. The van der Waals surface area contributed by atoms with Crippen LogP contribution >= 0.6 is 0 Å². The Labute approximate surface area is 305 Å². The van der Waals surface area contributed by atoms with Gasteiger partial charge in [0.05, 0.1) is 21.0 Å². The Bertz CT molecular complexity index is 1020. The fraction of sp³-hybridized carbons (Fsp3) is 0.641. The molecule has 12 heteroatoms. The molecule has 0 bridgehead atoms. The van der Waals surface area contributed by atoms with E-state index in [4.69, 9.17) is 10.2 Å². The maximum absolute atomic E-state index is 10.3. The van der Waals surface area contributed by atoms with Crippen molar-refractivity contribution in [3.63, 3.8) is 0 Å². The zero-order valence-corrected chi connectivity index (χ0v) is 31.6. The molecule has 2 aromatic rings. The lowest BCUT2D eigenvalue weighted by molar-refractivity contribution is -0.385.